The normalized spacial score (nSPS) is 28.5. The molecule has 1 saturated heterocycles. The predicted molar refractivity (Wildman–Crippen MR) is 61.8 cm³/mol. The van der Waals surface area contributed by atoms with Crippen LogP contribution in [0.1, 0.15) is 18.4 Å². The zero-order valence-corrected chi connectivity index (χ0v) is 9.28. The first kappa shape index (κ1) is 9.97. The van der Waals surface area contributed by atoms with Crippen molar-refractivity contribution in [2.45, 2.75) is 25.3 Å². The first-order chi connectivity index (χ1) is 7.83. The maximum Gasteiger partial charge on any atom is 0.126 e. The molecule has 0 radical (unpaired) electrons. The zero-order chi connectivity index (χ0) is 11.0. The van der Waals surface area contributed by atoms with Gasteiger partial charge in [0.2, 0.25) is 0 Å². The molecule has 0 amide bonds. The fourth-order valence-electron chi connectivity index (χ4n) is 2.76. The Hall–Kier alpha value is -1.22. The summed E-state index contributed by atoms with van der Waals surface area (Å²) in [6, 6.07) is 6.05. The first-order valence-corrected chi connectivity index (χ1v) is 6.01. The Morgan fingerprint density at radius 3 is 3.12 bits per heavy atom. The van der Waals surface area contributed by atoms with Crippen LogP contribution >= 0.6 is 0 Å². The molecular formula is C13H17NO2. The summed E-state index contributed by atoms with van der Waals surface area (Å²) in [6.07, 6.45) is 3.61. The molecule has 3 nitrogen and oxygen atoms in total. The third-order valence-corrected chi connectivity index (χ3v) is 3.65. The Balaban J connectivity index is 1.78. The number of phenolic OH excluding ortho intramolecular Hbond substituents is 1. The second kappa shape index (κ2) is 3.98. The number of hydrogen-bond donors (Lipinski definition) is 2. The van der Waals surface area contributed by atoms with Gasteiger partial charge in [-0.3, -0.25) is 0 Å². The van der Waals surface area contributed by atoms with Gasteiger partial charge in [0.1, 0.15) is 11.5 Å². The number of aromatic hydroxyl groups is 1. The lowest BCUT2D eigenvalue weighted by Gasteiger charge is -2.29. The smallest absolute Gasteiger partial charge is 0.126 e. The van der Waals surface area contributed by atoms with Crippen LogP contribution in [0.4, 0.5) is 0 Å². The van der Waals surface area contributed by atoms with E-state index in [1.54, 1.807) is 12.1 Å². The van der Waals surface area contributed by atoms with Gasteiger partial charge in [0.15, 0.2) is 0 Å². The molecule has 1 fully saturated rings. The van der Waals surface area contributed by atoms with Crippen LogP contribution in [0.15, 0.2) is 18.2 Å². The van der Waals surface area contributed by atoms with E-state index in [1.165, 1.54) is 18.4 Å². The van der Waals surface area contributed by atoms with Gasteiger partial charge in [0, 0.05) is 18.0 Å². The van der Waals surface area contributed by atoms with Crippen LogP contribution in [0.3, 0.4) is 0 Å². The molecule has 3 rings (SSSR count). The highest BCUT2D eigenvalue weighted by atomic mass is 16.5. The van der Waals surface area contributed by atoms with Gasteiger partial charge in [-0.15, -0.1) is 0 Å². The quantitative estimate of drug-likeness (QED) is 0.755. The maximum absolute atomic E-state index is 9.37. The minimum atomic E-state index is 0.288. The van der Waals surface area contributed by atoms with Crippen molar-refractivity contribution in [1.29, 1.82) is 0 Å². The molecule has 0 bridgehead atoms. The van der Waals surface area contributed by atoms with Crippen LogP contribution in [-0.2, 0) is 6.42 Å². The molecule has 2 aliphatic rings. The number of ether oxygens (including phenoxy) is 1. The number of benzene rings is 1. The SMILES string of the molecule is Oc1ccc2c(c1)OCC(C1CCCN1)C2. The number of fused-ring (bicyclic) bond motifs is 1. The number of phenols is 1. The molecule has 0 spiro atoms. The summed E-state index contributed by atoms with van der Waals surface area (Å²) in [6.45, 7) is 1.91. The van der Waals surface area contributed by atoms with Crippen molar-refractivity contribution in [2.24, 2.45) is 5.92 Å². The Bertz CT molecular complexity index is 386. The third-order valence-electron chi connectivity index (χ3n) is 3.65. The van der Waals surface area contributed by atoms with Crippen molar-refractivity contribution in [3.05, 3.63) is 23.8 Å². The molecule has 0 aliphatic carbocycles. The Morgan fingerprint density at radius 2 is 2.31 bits per heavy atom. The molecule has 2 atom stereocenters. The van der Waals surface area contributed by atoms with Crippen molar-refractivity contribution in [1.82, 2.24) is 5.32 Å². The summed E-state index contributed by atoms with van der Waals surface area (Å²) in [5, 5.41) is 12.9. The van der Waals surface area contributed by atoms with Crippen molar-refractivity contribution < 1.29 is 9.84 Å². The Kier molecular flexibility index (Phi) is 2.48. The predicted octanol–water partition coefficient (Wildman–Crippen LogP) is 1.70. The minimum Gasteiger partial charge on any atom is -0.508 e. The summed E-state index contributed by atoms with van der Waals surface area (Å²) >= 11 is 0. The van der Waals surface area contributed by atoms with Gasteiger partial charge in [0.25, 0.3) is 0 Å². The monoisotopic (exact) mass is 219 g/mol. The van der Waals surface area contributed by atoms with Crippen molar-refractivity contribution in [3.8, 4) is 11.5 Å². The molecule has 0 aromatic heterocycles. The number of rotatable bonds is 1. The number of hydrogen-bond acceptors (Lipinski definition) is 3. The molecule has 3 heteroatoms. The largest absolute Gasteiger partial charge is 0.508 e. The van der Waals surface area contributed by atoms with Crippen molar-refractivity contribution >= 4 is 0 Å². The second-order valence-corrected chi connectivity index (χ2v) is 4.77. The molecule has 86 valence electrons. The molecule has 1 aromatic rings. The van der Waals surface area contributed by atoms with Gasteiger partial charge in [-0.05, 0) is 37.4 Å². The standard InChI is InChI=1S/C13H17NO2/c15-11-4-3-9-6-10(8-16-13(9)7-11)12-2-1-5-14-12/h3-4,7,10,12,14-15H,1-2,5-6,8H2. The van der Waals surface area contributed by atoms with Gasteiger partial charge >= 0.3 is 0 Å². The maximum atomic E-state index is 9.37. The molecule has 2 unspecified atom stereocenters. The van der Waals surface area contributed by atoms with Gasteiger partial charge < -0.3 is 15.2 Å². The molecule has 2 aliphatic heterocycles. The first-order valence-electron chi connectivity index (χ1n) is 6.01. The minimum absolute atomic E-state index is 0.288. The molecule has 2 heterocycles. The molecule has 1 aromatic carbocycles. The molecule has 2 N–H and O–H groups in total. The topological polar surface area (TPSA) is 41.5 Å². The van der Waals surface area contributed by atoms with E-state index in [4.69, 9.17) is 4.74 Å². The fraction of sp³-hybridized carbons (Fsp3) is 0.538. The van der Waals surface area contributed by atoms with E-state index in [-0.39, 0.29) is 5.75 Å². The fourth-order valence-corrected chi connectivity index (χ4v) is 2.76. The summed E-state index contributed by atoms with van der Waals surface area (Å²) < 4.78 is 5.73. The van der Waals surface area contributed by atoms with Crippen LogP contribution in [0, 0.1) is 5.92 Å². The van der Waals surface area contributed by atoms with E-state index in [0.717, 1.165) is 25.3 Å². The molecular weight excluding hydrogens is 202 g/mol. The third kappa shape index (κ3) is 1.76. The van der Waals surface area contributed by atoms with Crippen molar-refractivity contribution in [3.63, 3.8) is 0 Å². The van der Waals surface area contributed by atoms with E-state index in [1.807, 2.05) is 6.07 Å². The van der Waals surface area contributed by atoms with Crippen LogP contribution in [0.2, 0.25) is 0 Å². The lowest BCUT2D eigenvalue weighted by Crippen LogP contribution is -2.37. The number of nitrogens with one attached hydrogen (secondary N) is 1. The summed E-state index contributed by atoms with van der Waals surface area (Å²) in [5.74, 6) is 1.73. The van der Waals surface area contributed by atoms with Crippen LogP contribution in [0.25, 0.3) is 0 Å². The van der Waals surface area contributed by atoms with Gasteiger partial charge in [-0.1, -0.05) is 6.07 Å². The zero-order valence-electron chi connectivity index (χ0n) is 9.28. The van der Waals surface area contributed by atoms with Crippen molar-refractivity contribution in [2.75, 3.05) is 13.2 Å². The van der Waals surface area contributed by atoms with E-state index < -0.39 is 0 Å². The Morgan fingerprint density at radius 1 is 1.38 bits per heavy atom. The summed E-state index contributed by atoms with van der Waals surface area (Å²) in [4.78, 5) is 0. The van der Waals surface area contributed by atoms with Crippen LogP contribution in [-0.4, -0.2) is 24.3 Å². The van der Waals surface area contributed by atoms with E-state index in [0.29, 0.717) is 12.0 Å². The van der Waals surface area contributed by atoms with Crippen LogP contribution in [0.5, 0.6) is 11.5 Å². The molecule has 0 saturated carbocycles. The van der Waals surface area contributed by atoms with E-state index in [2.05, 4.69) is 5.32 Å². The average molecular weight is 219 g/mol. The van der Waals surface area contributed by atoms with E-state index >= 15 is 0 Å². The van der Waals surface area contributed by atoms with Gasteiger partial charge in [-0.25, -0.2) is 0 Å². The highest BCUT2D eigenvalue weighted by molar-refractivity contribution is 5.41. The van der Waals surface area contributed by atoms with Crippen LogP contribution < -0.4 is 10.1 Å². The van der Waals surface area contributed by atoms with E-state index in [9.17, 15) is 5.11 Å². The highest BCUT2D eigenvalue weighted by Gasteiger charge is 2.29. The molecule has 16 heavy (non-hydrogen) atoms. The average Bonchev–Trinajstić information content (AvgIpc) is 2.82. The summed E-state index contributed by atoms with van der Waals surface area (Å²) in [5.41, 5.74) is 1.22. The Labute approximate surface area is 95.4 Å². The van der Waals surface area contributed by atoms with Gasteiger partial charge in [0.05, 0.1) is 6.61 Å². The lowest BCUT2D eigenvalue weighted by molar-refractivity contribution is 0.191. The highest BCUT2D eigenvalue weighted by Crippen LogP contribution is 2.32. The summed E-state index contributed by atoms with van der Waals surface area (Å²) in [7, 11) is 0. The second-order valence-electron chi connectivity index (χ2n) is 4.77. The lowest BCUT2D eigenvalue weighted by atomic mass is 9.89. The van der Waals surface area contributed by atoms with Gasteiger partial charge in [-0.2, -0.15) is 0 Å².